The lowest BCUT2D eigenvalue weighted by Gasteiger charge is -2.13. The molecule has 0 N–H and O–H groups in total. The maximum atomic E-state index is 5.53. The van der Waals surface area contributed by atoms with Gasteiger partial charge in [0.2, 0.25) is 0 Å². The largest absolute Gasteiger partial charge is 0.497 e. The van der Waals surface area contributed by atoms with Crippen LogP contribution in [0, 0.1) is 0 Å². The highest BCUT2D eigenvalue weighted by Crippen LogP contribution is 2.33. The van der Waals surface area contributed by atoms with Gasteiger partial charge in [-0.2, -0.15) is 0 Å². The minimum absolute atomic E-state index is 0.783. The van der Waals surface area contributed by atoms with Gasteiger partial charge in [0.05, 0.1) is 19.7 Å². The van der Waals surface area contributed by atoms with Crippen LogP contribution < -0.4 is 9.47 Å². The average Bonchev–Trinajstić information content (AvgIpc) is 3.11. The first kappa shape index (κ1) is 16.3. The highest BCUT2D eigenvalue weighted by molar-refractivity contribution is 5.88. The van der Waals surface area contributed by atoms with Crippen molar-refractivity contribution >= 4 is 10.9 Å². The Morgan fingerprint density at radius 3 is 2.35 bits per heavy atom. The molecule has 0 aliphatic carbocycles. The van der Waals surface area contributed by atoms with Crippen LogP contribution in [0.3, 0.4) is 0 Å². The molecule has 26 heavy (non-hydrogen) atoms. The Labute approximate surface area is 153 Å². The average molecular weight is 343 g/mol. The minimum Gasteiger partial charge on any atom is -0.497 e. The zero-order chi connectivity index (χ0) is 17.9. The van der Waals surface area contributed by atoms with Crippen LogP contribution in [0.4, 0.5) is 0 Å². The first-order chi connectivity index (χ1) is 12.8. The van der Waals surface area contributed by atoms with Gasteiger partial charge in [-0.25, -0.2) is 0 Å². The van der Waals surface area contributed by atoms with Crippen molar-refractivity contribution in [3.8, 4) is 22.6 Å². The van der Waals surface area contributed by atoms with Gasteiger partial charge in [0.1, 0.15) is 11.5 Å². The molecule has 3 heteroatoms. The third-order valence-electron chi connectivity index (χ3n) is 4.72. The van der Waals surface area contributed by atoms with Crippen LogP contribution >= 0.6 is 0 Å². The summed E-state index contributed by atoms with van der Waals surface area (Å²) in [6.07, 6.45) is 2.11. The van der Waals surface area contributed by atoms with E-state index < -0.39 is 0 Å². The minimum atomic E-state index is 0.783. The van der Waals surface area contributed by atoms with Crippen molar-refractivity contribution < 1.29 is 9.47 Å². The molecule has 4 rings (SSSR count). The zero-order valence-corrected chi connectivity index (χ0v) is 15.0. The first-order valence-corrected chi connectivity index (χ1v) is 8.64. The first-order valence-electron chi connectivity index (χ1n) is 8.64. The molecule has 0 saturated carbocycles. The lowest BCUT2D eigenvalue weighted by Crippen LogP contribution is -2.00. The van der Waals surface area contributed by atoms with Crippen LogP contribution in [0.1, 0.15) is 5.56 Å². The molecular weight excluding hydrogens is 322 g/mol. The van der Waals surface area contributed by atoms with Gasteiger partial charge in [0.15, 0.2) is 0 Å². The van der Waals surface area contributed by atoms with Crippen molar-refractivity contribution in [2.75, 3.05) is 14.2 Å². The summed E-state index contributed by atoms with van der Waals surface area (Å²) in [5, 5.41) is 1.09. The summed E-state index contributed by atoms with van der Waals surface area (Å²) in [7, 11) is 3.37. The Kier molecular flexibility index (Phi) is 4.36. The highest BCUT2D eigenvalue weighted by atomic mass is 16.5. The van der Waals surface area contributed by atoms with E-state index in [0.717, 1.165) is 28.9 Å². The molecule has 0 aliphatic rings. The summed E-state index contributed by atoms with van der Waals surface area (Å²) in [6.45, 7) is 0.783. The van der Waals surface area contributed by atoms with Crippen LogP contribution in [-0.2, 0) is 6.54 Å². The molecule has 4 aromatic rings. The number of fused-ring (bicyclic) bond motifs is 1. The zero-order valence-electron chi connectivity index (χ0n) is 15.0. The molecule has 0 aliphatic heterocycles. The molecule has 0 atom stereocenters. The summed E-state index contributed by atoms with van der Waals surface area (Å²) in [4.78, 5) is 0. The van der Waals surface area contributed by atoms with Crippen LogP contribution in [-0.4, -0.2) is 18.8 Å². The van der Waals surface area contributed by atoms with E-state index in [0.29, 0.717) is 0 Å². The fourth-order valence-corrected chi connectivity index (χ4v) is 3.40. The molecule has 3 aromatic carbocycles. The van der Waals surface area contributed by atoms with Gasteiger partial charge in [-0.15, -0.1) is 0 Å². The van der Waals surface area contributed by atoms with E-state index in [1.807, 2.05) is 12.1 Å². The van der Waals surface area contributed by atoms with Crippen LogP contribution in [0.2, 0.25) is 0 Å². The third-order valence-corrected chi connectivity index (χ3v) is 4.72. The molecular formula is C23H21NO2. The Morgan fingerprint density at radius 1 is 0.808 bits per heavy atom. The normalized spacial score (nSPS) is 10.8. The van der Waals surface area contributed by atoms with E-state index in [1.54, 1.807) is 14.2 Å². The Hall–Kier alpha value is -3.20. The lowest BCUT2D eigenvalue weighted by atomic mass is 10.00. The van der Waals surface area contributed by atoms with E-state index in [1.165, 1.54) is 16.7 Å². The van der Waals surface area contributed by atoms with E-state index in [9.17, 15) is 0 Å². The van der Waals surface area contributed by atoms with Crippen molar-refractivity contribution in [2.45, 2.75) is 6.54 Å². The molecule has 3 nitrogen and oxygen atoms in total. The Balaban J connectivity index is 1.80. The van der Waals surface area contributed by atoms with Gasteiger partial charge in [0.25, 0.3) is 0 Å². The van der Waals surface area contributed by atoms with E-state index in [4.69, 9.17) is 9.47 Å². The fourth-order valence-electron chi connectivity index (χ4n) is 3.40. The second kappa shape index (κ2) is 6.96. The van der Waals surface area contributed by atoms with Crippen LogP contribution in [0.25, 0.3) is 22.0 Å². The molecule has 0 amide bonds. The van der Waals surface area contributed by atoms with Crippen LogP contribution in [0.15, 0.2) is 79.0 Å². The molecule has 130 valence electrons. The Bertz CT molecular complexity index is 1030. The molecule has 0 bridgehead atoms. The van der Waals surface area contributed by atoms with Gasteiger partial charge < -0.3 is 14.0 Å². The van der Waals surface area contributed by atoms with Crippen molar-refractivity contribution in [2.24, 2.45) is 0 Å². The second-order valence-electron chi connectivity index (χ2n) is 6.23. The SMILES string of the molecule is COc1cc(OC)c2ccn(Cc3ccccc3-c3ccccc3)c2c1. The number of rotatable bonds is 5. The van der Waals surface area contributed by atoms with Crippen LogP contribution in [0.5, 0.6) is 11.5 Å². The quantitative estimate of drug-likeness (QED) is 0.486. The maximum Gasteiger partial charge on any atom is 0.131 e. The summed E-state index contributed by atoms with van der Waals surface area (Å²) in [5.74, 6) is 1.63. The van der Waals surface area contributed by atoms with Gasteiger partial charge in [-0.05, 0) is 22.8 Å². The summed E-state index contributed by atoms with van der Waals surface area (Å²) < 4.78 is 13.2. The lowest BCUT2D eigenvalue weighted by molar-refractivity contribution is 0.398. The topological polar surface area (TPSA) is 23.4 Å². The standard InChI is InChI=1S/C23H21NO2/c1-25-19-14-22-21(23(15-19)26-2)12-13-24(22)16-18-10-6-7-11-20(18)17-8-4-3-5-9-17/h3-15H,16H2,1-2H3. The molecule has 1 aromatic heterocycles. The predicted octanol–water partition coefficient (Wildman–Crippen LogP) is 5.37. The van der Waals surface area contributed by atoms with Crippen molar-refractivity contribution in [3.63, 3.8) is 0 Å². The summed E-state index contributed by atoms with van der Waals surface area (Å²) >= 11 is 0. The van der Waals surface area contributed by atoms with Gasteiger partial charge in [0, 0.05) is 30.3 Å². The monoisotopic (exact) mass is 343 g/mol. The number of aromatic nitrogens is 1. The number of nitrogens with zero attached hydrogens (tertiary/aromatic N) is 1. The molecule has 0 spiro atoms. The fraction of sp³-hybridized carbons (Fsp3) is 0.130. The maximum absolute atomic E-state index is 5.53. The molecule has 0 radical (unpaired) electrons. The number of benzene rings is 3. The number of methoxy groups -OCH3 is 2. The molecule has 0 unspecified atom stereocenters. The van der Waals surface area contributed by atoms with Crippen molar-refractivity contribution in [3.05, 3.63) is 84.6 Å². The third kappa shape index (κ3) is 2.92. The van der Waals surface area contributed by atoms with E-state index >= 15 is 0 Å². The van der Waals surface area contributed by atoms with Crippen molar-refractivity contribution in [1.82, 2.24) is 4.57 Å². The molecule has 0 fully saturated rings. The Morgan fingerprint density at radius 2 is 1.58 bits per heavy atom. The number of hydrogen-bond donors (Lipinski definition) is 0. The smallest absolute Gasteiger partial charge is 0.131 e. The highest BCUT2D eigenvalue weighted by Gasteiger charge is 2.11. The van der Waals surface area contributed by atoms with Crippen molar-refractivity contribution in [1.29, 1.82) is 0 Å². The number of ether oxygens (including phenoxy) is 2. The van der Waals surface area contributed by atoms with Gasteiger partial charge in [-0.1, -0.05) is 54.6 Å². The summed E-state index contributed by atoms with van der Waals surface area (Å²) in [6, 6.07) is 25.1. The van der Waals surface area contributed by atoms with E-state index in [-0.39, 0.29) is 0 Å². The van der Waals surface area contributed by atoms with Gasteiger partial charge >= 0.3 is 0 Å². The molecule has 0 saturated heterocycles. The predicted molar refractivity (Wildman–Crippen MR) is 106 cm³/mol. The summed E-state index contributed by atoms with van der Waals surface area (Å²) in [5.41, 5.74) is 4.86. The second-order valence-corrected chi connectivity index (χ2v) is 6.23. The van der Waals surface area contributed by atoms with Gasteiger partial charge in [-0.3, -0.25) is 0 Å². The number of hydrogen-bond acceptors (Lipinski definition) is 2. The molecule has 1 heterocycles. The van der Waals surface area contributed by atoms with E-state index in [2.05, 4.69) is 71.4 Å².